The Labute approximate surface area is 128 Å². The lowest BCUT2D eigenvalue weighted by molar-refractivity contribution is 0.0697. The Morgan fingerprint density at radius 2 is 2.14 bits per heavy atom. The molecule has 1 saturated carbocycles. The van der Waals surface area contributed by atoms with Gasteiger partial charge in [-0.05, 0) is 37.5 Å². The molecule has 2 N–H and O–H groups in total. The number of aromatic carboxylic acids is 1. The zero-order valence-electron chi connectivity index (χ0n) is 11.9. The van der Waals surface area contributed by atoms with Crippen LogP contribution in [0.5, 0.6) is 0 Å². The van der Waals surface area contributed by atoms with Crippen LogP contribution in [0.1, 0.15) is 43.0 Å². The molecule has 2 rings (SSSR count). The minimum Gasteiger partial charge on any atom is -0.478 e. The van der Waals surface area contributed by atoms with Crippen molar-refractivity contribution < 1.29 is 14.7 Å². The van der Waals surface area contributed by atoms with E-state index in [-0.39, 0.29) is 16.6 Å². The second-order valence-corrected chi connectivity index (χ2v) is 5.62. The molecular formula is C15H19ClN2O3. The fourth-order valence-corrected chi connectivity index (χ4v) is 2.33. The molecule has 1 aromatic rings. The zero-order chi connectivity index (χ0) is 15.4. The first-order chi connectivity index (χ1) is 10.0. The summed E-state index contributed by atoms with van der Waals surface area (Å²) in [6.07, 6.45) is 4.07. The fraction of sp³-hybridized carbons (Fsp3) is 0.467. The summed E-state index contributed by atoms with van der Waals surface area (Å²) in [6, 6.07) is 4.62. The number of carbonyl (C=O) groups excluding carboxylic acids is 1. The smallest absolute Gasteiger partial charge is 0.337 e. The highest BCUT2D eigenvalue weighted by Crippen LogP contribution is 2.28. The number of hydrogen-bond acceptors (Lipinski definition) is 2. The minimum absolute atomic E-state index is 0.0130. The Bertz CT molecular complexity index is 544. The first-order valence-electron chi connectivity index (χ1n) is 7.13. The van der Waals surface area contributed by atoms with Gasteiger partial charge >= 0.3 is 12.0 Å². The van der Waals surface area contributed by atoms with Crippen molar-refractivity contribution in [2.75, 3.05) is 11.9 Å². The second kappa shape index (κ2) is 6.80. The molecule has 1 aromatic carbocycles. The van der Waals surface area contributed by atoms with Gasteiger partial charge in [0.15, 0.2) is 0 Å². The molecule has 21 heavy (non-hydrogen) atoms. The van der Waals surface area contributed by atoms with Crippen molar-refractivity contribution >= 4 is 29.3 Å². The van der Waals surface area contributed by atoms with E-state index in [0.717, 1.165) is 32.2 Å². The minimum atomic E-state index is -1.11. The summed E-state index contributed by atoms with van der Waals surface area (Å²) >= 11 is 5.82. The second-order valence-electron chi connectivity index (χ2n) is 5.21. The van der Waals surface area contributed by atoms with Crippen LogP contribution in [0.15, 0.2) is 18.2 Å². The van der Waals surface area contributed by atoms with E-state index in [0.29, 0.717) is 11.7 Å². The van der Waals surface area contributed by atoms with Crippen molar-refractivity contribution in [2.24, 2.45) is 0 Å². The molecular weight excluding hydrogens is 292 g/mol. The van der Waals surface area contributed by atoms with Crippen molar-refractivity contribution in [3.63, 3.8) is 0 Å². The Morgan fingerprint density at radius 1 is 1.43 bits per heavy atom. The van der Waals surface area contributed by atoms with E-state index >= 15 is 0 Å². The maximum atomic E-state index is 12.3. The van der Waals surface area contributed by atoms with E-state index < -0.39 is 5.97 Å². The molecule has 5 nitrogen and oxygen atoms in total. The standard InChI is InChI=1S/C15H19ClN2O3/c1-2-3-8-18(11-5-6-11)15(21)17-10-4-7-13(16)12(9-10)14(19)20/h4,7,9,11H,2-3,5-6,8H2,1H3,(H,17,21)(H,19,20). The molecule has 0 aliphatic heterocycles. The van der Waals surface area contributed by atoms with Gasteiger partial charge in [-0.3, -0.25) is 0 Å². The van der Waals surface area contributed by atoms with E-state index in [9.17, 15) is 9.59 Å². The van der Waals surface area contributed by atoms with Gasteiger partial charge in [0.05, 0.1) is 10.6 Å². The normalized spacial score (nSPS) is 13.8. The van der Waals surface area contributed by atoms with E-state index in [1.807, 2.05) is 4.90 Å². The lowest BCUT2D eigenvalue weighted by Crippen LogP contribution is -2.37. The van der Waals surface area contributed by atoms with Gasteiger partial charge in [-0.1, -0.05) is 24.9 Å². The number of halogens is 1. The summed E-state index contributed by atoms with van der Waals surface area (Å²) in [6.45, 7) is 2.81. The molecule has 114 valence electrons. The third-order valence-corrected chi connectivity index (χ3v) is 3.78. The first kappa shape index (κ1) is 15.6. The summed E-state index contributed by atoms with van der Waals surface area (Å²) in [5, 5.41) is 12.0. The summed E-state index contributed by atoms with van der Waals surface area (Å²) in [5.41, 5.74) is 0.435. The average Bonchev–Trinajstić information content (AvgIpc) is 3.25. The molecule has 0 atom stereocenters. The van der Waals surface area contributed by atoms with Gasteiger partial charge in [0.2, 0.25) is 0 Å². The van der Waals surface area contributed by atoms with Crippen LogP contribution in [0.2, 0.25) is 5.02 Å². The number of carboxylic acids is 1. The van der Waals surface area contributed by atoms with Crippen LogP contribution in [0.4, 0.5) is 10.5 Å². The van der Waals surface area contributed by atoms with Gasteiger partial charge in [-0.15, -0.1) is 0 Å². The molecule has 0 spiro atoms. The Balaban J connectivity index is 2.07. The maximum absolute atomic E-state index is 12.3. The number of hydrogen-bond donors (Lipinski definition) is 2. The number of amides is 2. The molecule has 0 heterocycles. The first-order valence-corrected chi connectivity index (χ1v) is 7.51. The number of anilines is 1. The highest BCUT2D eigenvalue weighted by molar-refractivity contribution is 6.33. The van der Waals surface area contributed by atoms with Crippen LogP contribution < -0.4 is 5.32 Å². The van der Waals surface area contributed by atoms with E-state index in [4.69, 9.17) is 16.7 Å². The van der Waals surface area contributed by atoms with Gasteiger partial charge < -0.3 is 15.3 Å². The molecule has 0 saturated heterocycles. The summed E-state index contributed by atoms with van der Waals surface area (Å²) in [4.78, 5) is 25.2. The molecule has 0 aromatic heterocycles. The highest BCUT2D eigenvalue weighted by atomic mass is 35.5. The van der Waals surface area contributed by atoms with Gasteiger partial charge in [-0.25, -0.2) is 9.59 Å². The number of nitrogens with zero attached hydrogens (tertiary/aromatic N) is 1. The van der Waals surface area contributed by atoms with Gasteiger partial charge in [0, 0.05) is 18.3 Å². The van der Waals surface area contributed by atoms with Crippen LogP contribution in [0, 0.1) is 0 Å². The van der Waals surface area contributed by atoms with Gasteiger partial charge in [-0.2, -0.15) is 0 Å². The molecule has 2 amide bonds. The quantitative estimate of drug-likeness (QED) is 0.838. The topological polar surface area (TPSA) is 69.6 Å². The SMILES string of the molecule is CCCCN(C(=O)Nc1ccc(Cl)c(C(=O)O)c1)C1CC1. The van der Waals surface area contributed by atoms with Gasteiger partial charge in [0.1, 0.15) is 0 Å². The molecule has 0 bridgehead atoms. The number of carbonyl (C=O) groups is 2. The van der Waals surface area contributed by atoms with Crippen LogP contribution in [-0.2, 0) is 0 Å². The Kier molecular flexibility index (Phi) is 5.07. The molecule has 0 unspecified atom stereocenters. The average molecular weight is 311 g/mol. The van der Waals surface area contributed by atoms with E-state index in [1.54, 1.807) is 6.07 Å². The van der Waals surface area contributed by atoms with Crippen LogP contribution in [0.25, 0.3) is 0 Å². The zero-order valence-corrected chi connectivity index (χ0v) is 12.7. The maximum Gasteiger partial charge on any atom is 0.337 e. The highest BCUT2D eigenvalue weighted by Gasteiger charge is 2.32. The van der Waals surface area contributed by atoms with E-state index in [1.165, 1.54) is 12.1 Å². The lowest BCUT2D eigenvalue weighted by atomic mass is 10.2. The van der Waals surface area contributed by atoms with Crippen molar-refractivity contribution in [3.8, 4) is 0 Å². The number of urea groups is 1. The Morgan fingerprint density at radius 3 is 2.71 bits per heavy atom. The Hall–Kier alpha value is -1.75. The molecule has 1 aliphatic rings. The van der Waals surface area contributed by atoms with E-state index in [2.05, 4.69) is 12.2 Å². The number of rotatable bonds is 6. The monoisotopic (exact) mass is 310 g/mol. The molecule has 0 radical (unpaired) electrons. The number of unbranched alkanes of at least 4 members (excludes halogenated alkanes) is 1. The number of nitrogens with one attached hydrogen (secondary N) is 1. The van der Waals surface area contributed by atoms with Crippen LogP contribution in [0.3, 0.4) is 0 Å². The van der Waals surface area contributed by atoms with Crippen LogP contribution >= 0.6 is 11.6 Å². The molecule has 1 aliphatic carbocycles. The summed E-state index contributed by atoms with van der Waals surface area (Å²) in [7, 11) is 0. The van der Waals surface area contributed by atoms with Crippen LogP contribution in [-0.4, -0.2) is 34.6 Å². The van der Waals surface area contributed by atoms with Crippen molar-refractivity contribution in [3.05, 3.63) is 28.8 Å². The summed E-state index contributed by atoms with van der Waals surface area (Å²) < 4.78 is 0. The summed E-state index contributed by atoms with van der Waals surface area (Å²) in [5.74, 6) is -1.11. The molecule has 6 heteroatoms. The third kappa shape index (κ3) is 4.11. The number of benzene rings is 1. The predicted molar refractivity (Wildman–Crippen MR) is 82.1 cm³/mol. The fourth-order valence-electron chi connectivity index (χ4n) is 2.13. The largest absolute Gasteiger partial charge is 0.478 e. The predicted octanol–water partition coefficient (Wildman–Crippen LogP) is 3.83. The third-order valence-electron chi connectivity index (χ3n) is 3.45. The van der Waals surface area contributed by atoms with Crippen molar-refractivity contribution in [1.82, 2.24) is 4.90 Å². The van der Waals surface area contributed by atoms with Crippen molar-refractivity contribution in [1.29, 1.82) is 0 Å². The van der Waals surface area contributed by atoms with Crippen molar-refractivity contribution in [2.45, 2.75) is 38.6 Å². The lowest BCUT2D eigenvalue weighted by Gasteiger charge is -2.22. The molecule has 1 fully saturated rings. The number of carboxylic acid groups (broad SMARTS) is 1. The van der Waals surface area contributed by atoms with Gasteiger partial charge in [0.25, 0.3) is 0 Å².